The van der Waals surface area contributed by atoms with Gasteiger partial charge in [-0.25, -0.2) is 9.31 Å². The maximum atomic E-state index is 12.4. The molecular weight excluding hydrogens is 348 g/mol. The zero-order valence-electron chi connectivity index (χ0n) is 15.7. The molecule has 0 aliphatic heterocycles. The van der Waals surface area contributed by atoms with E-state index >= 15 is 0 Å². The van der Waals surface area contributed by atoms with Gasteiger partial charge in [-0.2, -0.15) is 4.98 Å². The number of carboxylic acid groups (broad SMARTS) is 1. The van der Waals surface area contributed by atoms with Crippen molar-refractivity contribution in [3.05, 3.63) is 17.8 Å². The van der Waals surface area contributed by atoms with E-state index in [2.05, 4.69) is 20.7 Å². The number of hydrogen-bond donors (Lipinski definition) is 3. The van der Waals surface area contributed by atoms with Crippen LogP contribution in [0.1, 0.15) is 42.6 Å². The molecule has 0 bridgehead atoms. The van der Waals surface area contributed by atoms with Crippen LogP contribution in [-0.4, -0.2) is 63.7 Å². The molecule has 2 aromatic heterocycles. The van der Waals surface area contributed by atoms with E-state index in [9.17, 15) is 14.7 Å². The number of rotatable bonds is 7. The van der Waals surface area contributed by atoms with Gasteiger partial charge in [0.1, 0.15) is 0 Å². The second-order valence-corrected chi connectivity index (χ2v) is 7.16. The van der Waals surface area contributed by atoms with Gasteiger partial charge in [-0.3, -0.25) is 10.1 Å². The van der Waals surface area contributed by atoms with Crippen molar-refractivity contribution in [3.63, 3.8) is 0 Å². The first-order valence-corrected chi connectivity index (χ1v) is 9.28. The predicted octanol–water partition coefficient (Wildman–Crippen LogP) is 1.92. The van der Waals surface area contributed by atoms with Gasteiger partial charge in [0.05, 0.1) is 5.69 Å². The lowest BCUT2D eigenvalue weighted by molar-refractivity contribution is -0.120. The van der Waals surface area contributed by atoms with Crippen molar-refractivity contribution in [2.45, 2.75) is 32.1 Å². The highest BCUT2D eigenvalue weighted by molar-refractivity contribution is 5.94. The van der Waals surface area contributed by atoms with Crippen LogP contribution < -0.4 is 10.6 Å². The summed E-state index contributed by atoms with van der Waals surface area (Å²) in [4.78, 5) is 30.4. The summed E-state index contributed by atoms with van der Waals surface area (Å²) in [5.41, 5.74) is 0.841. The smallest absolute Gasteiger partial charge is 0.356 e. The van der Waals surface area contributed by atoms with E-state index in [4.69, 9.17) is 0 Å². The average molecular weight is 374 g/mol. The van der Waals surface area contributed by atoms with Crippen molar-refractivity contribution in [2.24, 2.45) is 5.92 Å². The third-order valence-corrected chi connectivity index (χ3v) is 4.79. The molecule has 9 nitrogen and oxygen atoms in total. The zero-order chi connectivity index (χ0) is 19.4. The molecule has 1 fully saturated rings. The second-order valence-electron chi connectivity index (χ2n) is 7.16. The maximum absolute atomic E-state index is 12.4. The standard InChI is InChI=1S/C18H26N6O3/c1-23(2)11-10-19-13-8-9-14-20-18(22-24(14)15(13)17(26)27)21-16(25)12-6-4-3-5-7-12/h8-9,12,19H,3-7,10-11H2,1-2H3,(H,26,27)(H,21,22,25). The van der Waals surface area contributed by atoms with Crippen molar-refractivity contribution in [1.82, 2.24) is 19.5 Å². The van der Waals surface area contributed by atoms with Gasteiger partial charge in [-0.05, 0) is 39.1 Å². The molecule has 0 radical (unpaired) electrons. The van der Waals surface area contributed by atoms with Gasteiger partial charge >= 0.3 is 5.97 Å². The number of amides is 1. The highest BCUT2D eigenvalue weighted by atomic mass is 16.4. The molecule has 0 aromatic carbocycles. The topological polar surface area (TPSA) is 112 Å². The third-order valence-electron chi connectivity index (χ3n) is 4.79. The molecule has 0 atom stereocenters. The molecule has 1 aliphatic carbocycles. The number of pyridine rings is 1. The maximum Gasteiger partial charge on any atom is 0.356 e. The SMILES string of the molecule is CN(C)CCNc1ccc2nc(NC(=O)C3CCCCC3)nn2c1C(=O)O. The minimum Gasteiger partial charge on any atom is -0.476 e. The van der Waals surface area contributed by atoms with Gasteiger partial charge in [-0.15, -0.1) is 5.10 Å². The van der Waals surface area contributed by atoms with E-state index in [1.807, 2.05) is 19.0 Å². The summed E-state index contributed by atoms with van der Waals surface area (Å²) in [5, 5.41) is 19.7. The summed E-state index contributed by atoms with van der Waals surface area (Å²) in [6, 6.07) is 3.36. The Morgan fingerprint density at radius 1 is 1.26 bits per heavy atom. The fourth-order valence-corrected chi connectivity index (χ4v) is 3.34. The normalized spacial score (nSPS) is 15.2. The lowest BCUT2D eigenvalue weighted by Crippen LogP contribution is -2.25. The number of carbonyl (C=O) groups is 2. The number of carbonyl (C=O) groups excluding carboxylic acids is 1. The van der Waals surface area contributed by atoms with Crippen molar-refractivity contribution in [2.75, 3.05) is 37.8 Å². The third kappa shape index (κ3) is 4.54. The van der Waals surface area contributed by atoms with E-state index in [0.717, 1.165) is 32.2 Å². The Morgan fingerprint density at radius 3 is 2.67 bits per heavy atom. The van der Waals surface area contributed by atoms with Crippen LogP contribution in [0.5, 0.6) is 0 Å². The van der Waals surface area contributed by atoms with E-state index in [1.165, 1.54) is 10.9 Å². The van der Waals surface area contributed by atoms with Crippen molar-refractivity contribution in [3.8, 4) is 0 Å². The Kier molecular flexibility index (Phi) is 5.90. The lowest BCUT2D eigenvalue weighted by atomic mass is 9.89. The van der Waals surface area contributed by atoms with E-state index in [1.54, 1.807) is 12.1 Å². The first-order valence-electron chi connectivity index (χ1n) is 9.28. The molecule has 1 saturated carbocycles. The number of nitrogens with one attached hydrogen (secondary N) is 2. The average Bonchev–Trinajstić information content (AvgIpc) is 3.03. The molecule has 2 heterocycles. The van der Waals surface area contributed by atoms with Crippen LogP contribution in [-0.2, 0) is 4.79 Å². The number of aromatic carboxylic acids is 1. The molecule has 146 valence electrons. The second kappa shape index (κ2) is 8.34. The molecule has 3 rings (SSSR count). The number of fused-ring (bicyclic) bond motifs is 1. The van der Waals surface area contributed by atoms with Crippen LogP contribution in [0, 0.1) is 5.92 Å². The summed E-state index contributed by atoms with van der Waals surface area (Å²) < 4.78 is 1.26. The van der Waals surface area contributed by atoms with Crippen molar-refractivity contribution >= 4 is 29.2 Å². The molecule has 1 aliphatic rings. The highest BCUT2D eigenvalue weighted by Crippen LogP contribution is 2.25. The largest absolute Gasteiger partial charge is 0.476 e. The first kappa shape index (κ1) is 19.1. The molecule has 0 saturated heterocycles. The fraction of sp³-hybridized carbons (Fsp3) is 0.556. The Bertz CT molecular complexity index is 826. The zero-order valence-corrected chi connectivity index (χ0v) is 15.7. The molecular formula is C18H26N6O3. The van der Waals surface area contributed by atoms with E-state index in [-0.39, 0.29) is 23.5 Å². The molecule has 27 heavy (non-hydrogen) atoms. The number of carboxylic acids is 1. The Balaban J connectivity index is 1.81. The van der Waals surface area contributed by atoms with Crippen LogP contribution in [0.3, 0.4) is 0 Å². The number of nitrogens with zero attached hydrogens (tertiary/aromatic N) is 4. The van der Waals surface area contributed by atoms with Crippen LogP contribution in [0.15, 0.2) is 12.1 Å². The number of hydrogen-bond acceptors (Lipinski definition) is 6. The van der Waals surface area contributed by atoms with Gasteiger partial charge in [0.2, 0.25) is 11.9 Å². The lowest BCUT2D eigenvalue weighted by Gasteiger charge is -2.19. The van der Waals surface area contributed by atoms with Crippen LogP contribution in [0.2, 0.25) is 0 Å². The van der Waals surface area contributed by atoms with Crippen molar-refractivity contribution in [1.29, 1.82) is 0 Å². The first-order chi connectivity index (χ1) is 13.0. The van der Waals surface area contributed by atoms with Gasteiger partial charge in [0.15, 0.2) is 11.3 Å². The molecule has 1 amide bonds. The Hall–Kier alpha value is -2.68. The minimum atomic E-state index is -1.11. The monoisotopic (exact) mass is 374 g/mol. The molecule has 0 unspecified atom stereocenters. The predicted molar refractivity (Wildman–Crippen MR) is 102 cm³/mol. The Labute approximate surface area is 157 Å². The Morgan fingerprint density at radius 2 is 2.00 bits per heavy atom. The number of likely N-dealkylation sites (N-methyl/N-ethyl adjacent to an activating group) is 1. The summed E-state index contributed by atoms with van der Waals surface area (Å²) in [7, 11) is 3.89. The fourth-order valence-electron chi connectivity index (χ4n) is 3.34. The van der Waals surface area contributed by atoms with Crippen LogP contribution >= 0.6 is 0 Å². The highest BCUT2D eigenvalue weighted by Gasteiger charge is 2.23. The molecule has 3 N–H and O–H groups in total. The molecule has 2 aromatic rings. The molecule has 9 heteroatoms. The quantitative estimate of drug-likeness (QED) is 0.679. The summed E-state index contributed by atoms with van der Waals surface area (Å²) in [6.07, 6.45) is 5.03. The van der Waals surface area contributed by atoms with Crippen LogP contribution in [0.4, 0.5) is 11.6 Å². The van der Waals surface area contributed by atoms with Crippen molar-refractivity contribution < 1.29 is 14.7 Å². The van der Waals surface area contributed by atoms with Gasteiger partial charge in [0.25, 0.3) is 0 Å². The minimum absolute atomic E-state index is 0.00285. The van der Waals surface area contributed by atoms with Gasteiger partial charge in [0, 0.05) is 19.0 Å². The summed E-state index contributed by atoms with van der Waals surface area (Å²) >= 11 is 0. The van der Waals surface area contributed by atoms with E-state index < -0.39 is 5.97 Å². The van der Waals surface area contributed by atoms with Gasteiger partial charge < -0.3 is 15.3 Å². The van der Waals surface area contributed by atoms with Gasteiger partial charge in [-0.1, -0.05) is 19.3 Å². The summed E-state index contributed by atoms with van der Waals surface area (Å²) in [5.74, 6) is -1.08. The van der Waals surface area contributed by atoms with Crippen LogP contribution in [0.25, 0.3) is 5.65 Å². The number of anilines is 2. The summed E-state index contributed by atoms with van der Waals surface area (Å²) in [6.45, 7) is 1.36. The van der Waals surface area contributed by atoms with E-state index in [0.29, 0.717) is 17.9 Å². The number of aromatic nitrogens is 3. The molecule has 0 spiro atoms.